The Kier molecular flexibility index (Phi) is 4.83. The summed E-state index contributed by atoms with van der Waals surface area (Å²) in [5.41, 5.74) is 1.74. The first-order chi connectivity index (χ1) is 9.13. The quantitative estimate of drug-likeness (QED) is 0.700. The standard InChI is InChI=1S/C15H13BrClFO/c1-19-14-8-3-2-5-10(14)9-12(17)11-6-4-7-13(18)15(11)16/h2-8,12H,9H2,1H3. The van der Waals surface area contributed by atoms with Crippen molar-refractivity contribution in [2.45, 2.75) is 11.8 Å². The summed E-state index contributed by atoms with van der Waals surface area (Å²) in [7, 11) is 1.63. The number of ether oxygens (including phenoxy) is 1. The van der Waals surface area contributed by atoms with Crippen molar-refractivity contribution in [2.24, 2.45) is 0 Å². The smallest absolute Gasteiger partial charge is 0.137 e. The topological polar surface area (TPSA) is 9.23 Å². The number of rotatable bonds is 4. The van der Waals surface area contributed by atoms with Crippen molar-refractivity contribution in [2.75, 3.05) is 7.11 Å². The molecule has 0 heterocycles. The van der Waals surface area contributed by atoms with Gasteiger partial charge in [0.2, 0.25) is 0 Å². The zero-order valence-electron chi connectivity index (χ0n) is 10.4. The molecule has 19 heavy (non-hydrogen) atoms. The fourth-order valence-electron chi connectivity index (χ4n) is 1.94. The number of halogens is 3. The van der Waals surface area contributed by atoms with Gasteiger partial charge < -0.3 is 4.74 Å². The lowest BCUT2D eigenvalue weighted by Gasteiger charge is -2.14. The molecule has 0 amide bonds. The Bertz CT molecular complexity index is 574. The van der Waals surface area contributed by atoms with Crippen LogP contribution < -0.4 is 4.74 Å². The van der Waals surface area contributed by atoms with Crippen LogP contribution in [-0.2, 0) is 6.42 Å². The predicted molar refractivity (Wildman–Crippen MR) is 79.4 cm³/mol. The summed E-state index contributed by atoms with van der Waals surface area (Å²) in [6.45, 7) is 0. The summed E-state index contributed by atoms with van der Waals surface area (Å²) >= 11 is 9.63. The molecule has 0 aromatic heterocycles. The van der Waals surface area contributed by atoms with Gasteiger partial charge in [-0.05, 0) is 45.6 Å². The van der Waals surface area contributed by atoms with E-state index in [2.05, 4.69) is 15.9 Å². The lowest BCUT2D eigenvalue weighted by Crippen LogP contribution is -2.00. The van der Waals surface area contributed by atoms with Crippen LogP contribution in [0.2, 0.25) is 0 Å². The van der Waals surface area contributed by atoms with Crippen molar-refractivity contribution in [1.82, 2.24) is 0 Å². The van der Waals surface area contributed by atoms with Gasteiger partial charge in [-0.1, -0.05) is 30.3 Å². The molecule has 2 rings (SSSR count). The highest BCUT2D eigenvalue weighted by Gasteiger charge is 2.16. The maximum absolute atomic E-state index is 13.5. The summed E-state index contributed by atoms with van der Waals surface area (Å²) in [5, 5.41) is -0.318. The van der Waals surface area contributed by atoms with Crippen molar-refractivity contribution in [3.8, 4) is 5.75 Å². The van der Waals surface area contributed by atoms with E-state index in [-0.39, 0.29) is 11.2 Å². The van der Waals surface area contributed by atoms with Crippen LogP contribution in [0.3, 0.4) is 0 Å². The third-order valence-corrected chi connectivity index (χ3v) is 4.14. The van der Waals surface area contributed by atoms with Gasteiger partial charge in [0, 0.05) is 0 Å². The normalized spacial score (nSPS) is 12.2. The number of hydrogen-bond acceptors (Lipinski definition) is 1. The molecule has 2 aromatic rings. The summed E-state index contributed by atoms with van der Waals surface area (Å²) in [6.07, 6.45) is 0.577. The average molecular weight is 344 g/mol. The second-order valence-electron chi connectivity index (χ2n) is 4.13. The van der Waals surface area contributed by atoms with Crippen LogP contribution in [0.15, 0.2) is 46.9 Å². The summed E-state index contributed by atoms with van der Waals surface area (Å²) < 4.78 is 19.2. The van der Waals surface area contributed by atoms with E-state index < -0.39 is 0 Å². The Labute approximate surface area is 125 Å². The third kappa shape index (κ3) is 3.28. The van der Waals surface area contributed by atoms with E-state index >= 15 is 0 Å². The van der Waals surface area contributed by atoms with Gasteiger partial charge in [-0.2, -0.15) is 0 Å². The Morgan fingerprint density at radius 3 is 2.68 bits per heavy atom. The van der Waals surface area contributed by atoms with E-state index in [1.807, 2.05) is 30.3 Å². The minimum Gasteiger partial charge on any atom is -0.496 e. The van der Waals surface area contributed by atoms with Gasteiger partial charge in [0.05, 0.1) is 17.0 Å². The van der Waals surface area contributed by atoms with Gasteiger partial charge in [0.15, 0.2) is 0 Å². The average Bonchev–Trinajstić information content (AvgIpc) is 2.42. The molecular formula is C15H13BrClFO. The highest BCUT2D eigenvalue weighted by atomic mass is 79.9. The Balaban J connectivity index is 2.26. The minimum atomic E-state index is -0.318. The molecule has 0 aliphatic carbocycles. The molecule has 0 aliphatic rings. The second kappa shape index (κ2) is 6.40. The first-order valence-corrected chi connectivity index (χ1v) is 7.06. The lowest BCUT2D eigenvalue weighted by molar-refractivity contribution is 0.409. The molecule has 0 N–H and O–H groups in total. The fourth-order valence-corrected chi connectivity index (χ4v) is 2.96. The number of benzene rings is 2. The summed E-state index contributed by atoms with van der Waals surface area (Å²) in [4.78, 5) is 0. The highest BCUT2D eigenvalue weighted by molar-refractivity contribution is 9.10. The molecule has 0 bridgehead atoms. The SMILES string of the molecule is COc1ccccc1CC(Cl)c1cccc(F)c1Br. The van der Waals surface area contributed by atoms with Gasteiger partial charge in [-0.3, -0.25) is 0 Å². The molecule has 0 radical (unpaired) electrons. The van der Waals surface area contributed by atoms with E-state index in [9.17, 15) is 4.39 Å². The van der Waals surface area contributed by atoms with E-state index in [0.29, 0.717) is 10.9 Å². The first kappa shape index (κ1) is 14.4. The largest absolute Gasteiger partial charge is 0.496 e. The number of alkyl halides is 1. The van der Waals surface area contributed by atoms with Gasteiger partial charge in [0.1, 0.15) is 11.6 Å². The lowest BCUT2D eigenvalue weighted by atomic mass is 10.0. The van der Waals surface area contributed by atoms with E-state index in [1.165, 1.54) is 6.07 Å². The van der Waals surface area contributed by atoms with Crippen molar-refractivity contribution >= 4 is 27.5 Å². The predicted octanol–water partition coefficient (Wildman–Crippen LogP) is 5.12. The molecule has 1 atom stereocenters. The summed E-state index contributed by atoms with van der Waals surface area (Å²) in [5.74, 6) is 0.490. The van der Waals surface area contributed by atoms with Crippen LogP contribution >= 0.6 is 27.5 Å². The Hall–Kier alpha value is -1.06. The van der Waals surface area contributed by atoms with Crippen molar-refractivity contribution in [3.05, 3.63) is 63.9 Å². The molecule has 0 spiro atoms. The Morgan fingerprint density at radius 2 is 1.95 bits per heavy atom. The van der Waals surface area contributed by atoms with Crippen molar-refractivity contribution in [1.29, 1.82) is 0 Å². The van der Waals surface area contributed by atoms with Crippen molar-refractivity contribution < 1.29 is 9.13 Å². The summed E-state index contributed by atoms with van der Waals surface area (Å²) in [6, 6.07) is 12.6. The number of hydrogen-bond donors (Lipinski definition) is 0. The zero-order chi connectivity index (χ0) is 13.8. The molecule has 1 nitrogen and oxygen atoms in total. The second-order valence-corrected chi connectivity index (χ2v) is 5.45. The van der Waals surface area contributed by atoms with Crippen LogP contribution in [0.1, 0.15) is 16.5 Å². The molecule has 0 aliphatic heterocycles. The van der Waals surface area contributed by atoms with Gasteiger partial charge in [-0.15, -0.1) is 11.6 Å². The third-order valence-electron chi connectivity index (χ3n) is 2.91. The van der Waals surface area contributed by atoms with Gasteiger partial charge in [-0.25, -0.2) is 4.39 Å². The molecule has 0 saturated carbocycles. The first-order valence-electron chi connectivity index (χ1n) is 5.83. The fraction of sp³-hybridized carbons (Fsp3) is 0.200. The molecule has 100 valence electrons. The van der Waals surface area contributed by atoms with E-state index in [1.54, 1.807) is 13.2 Å². The number of methoxy groups -OCH3 is 1. The van der Waals surface area contributed by atoms with Crippen LogP contribution in [0.4, 0.5) is 4.39 Å². The molecule has 0 saturated heterocycles. The zero-order valence-corrected chi connectivity index (χ0v) is 12.7. The van der Waals surface area contributed by atoms with E-state index in [4.69, 9.17) is 16.3 Å². The maximum Gasteiger partial charge on any atom is 0.137 e. The number of para-hydroxylation sites is 1. The van der Waals surface area contributed by atoms with Gasteiger partial charge >= 0.3 is 0 Å². The Morgan fingerprint density at radius 1 is 1.21 bits per heavy atom. The van der Waals surface area contributed by atoms with E-state index in [0.717, 1.165) is 16.9 Å². The van der Waals surface area contributed by atoms with Gasteiger partial charge in [0.25, 0.3) is 0 Å². The molecule has 0 fully saturated rings. The van der Waals surface area contributed by atoms with Crippen LogP contribution in [0, 0.1) is 5.82 Å². The molecule has 1 unspecified atom stereocenters. The van der Waals surface area contributed by atoms with Crippen molar-refractivity contribution in [3.63, 3.8) is 0 Å². The maximum atomic E-state index is 13.5. The van der Waals surface area contributed by atoms with Crippen LogP contribution in [-0.4, -0.2) is 7.11 Å². The van der Waals surface area contributed by atoms with Crippen LogP contribution in [0.25, 0.3) is 0 Å². The molecule has 4 heteroatoms. The van der Waals surface area contributed by atoms with Crippen LogP contribution in [0.5, 0.6) is 5.75 Å². The monoisotopic (exact) mass is 342 g/mol. The minimum absolute atomic E-state index is 0.303. The molecule has 2 aromatic carbocycles. The highest BCUT2D eigenvalue weighted by Crippen LogP contribution is 2.34. The molecular weight excluding hydrogens is 331 g/mol.